The summed E-state index contributed by atoms with van der Waals surface area (Å²) in [6.07, 6.45) is 31.8. The van der Waals surface area contributed by atoms with Crippen LogP contribution in [0.5, 0.6) is 5.75 Å². The Labute approximate surface area is 496 Å². The lowest BCUT2D eigenvalue weighted by Crippen LogP contribution is -2.51. The third kappa shape index (κ3) is 33.1. The largest absolute Gasteiger partial charge is 0.489 e. The second-order valence-electron chi connectivity index (χ2n) is 22.2. The number of hydrogen-bond donors (Lipinski definition) is 6. The molecule has 18 nitrogen and oxygen atoms in total. The Bertz CT molecular complexity index is 2330. The average Bonchev–Trinajstić information content (AvgIpc) is 4.16. The summed E-state index contributed by atoms with van der Waals surface area (Å²) in [4.78, 5) is 92.5. The highest BCUT2D eigenvalue weighted by Gasteiger charge is 2.30. The molecule has 3 rings (SSSR count). The van der Waals surface area contributed by atoms with Gasteiger partial charge in [0.25, 0.3) is 5.91 Å². The fourth-order valence-corrected chi connectivity index (χ4v) is 10.4. The maximum atomic E-state index is 13.7. The minimum absolute atomic E-state index is 0.154. The monoisotopic (exact) mass is 1180 g/mol. The summed E-state index contributed by atoms with van der Waals surface area (Å²) in [6.45, 7) is 7.53. The van der Waals surface area contributed by atoms with Crippen LogP contribution in [0.1, 0.15) is 237 Å². The first-order chi connectivity index (χ1) is 40.2. The quantitative estimate of drug-likeness (QED) is 0.0175. The first-order valence-corrected chi connectivity index (χ1v) is 33.0. The smallest absolute Gasteiger partial charge is 0.472 e. The number of carbonyl (C=O) groups excluding carboxylic acids is 6. The third-order valence-corrected chi connectivity index (χ3v) is 15.9. The molecule has 0 spiro atoms. The molecule has 2 aromatic carbocycles. The molecular formula is C64H104N5O13P. The zero-order valence-electron chi connectivity index (χ0n) is 51.0. The number of phosphoric acid groups is 1. The topological polar surface area (TPSA) is 250 Å². The molecule has 83 heavy (non-hydrogen) atoms. The molecule has 0 radical (unpaired) electrons. The van der Waals surface area contributed by atoms with Crippen LogP contribution in [-0.4, -0.2) is 96.5 Å². The maximum Gasteiger partial charge on any atom is 0.472 e. The number of benzene rings is 2. The van der Waals surface area contributed by atoms with Gasteiger partial charge in [0.15, 0.2) is 6.10 Å². The molecule has 0 aliphatic heterocycles. The lowest BCUT2D eigenvalue weighted by molar-refractivity contribution is -0.159. The third-order valence-electron chi connectivity index (χ3n) is 14.9. The fourth-order valence-electron chi connectivity index (χ4n) is 9.67. The molecule has 4 amide bonds. The summed E-state index contributed by atoms with van der Waals surface area (Å²) >= 11 is 0. The van der Waals surface area contributed by atoms with Gasteiger partial charge in [-0.2, -0.15) is 0 Å². The van der Waals surface area contributed by atoms with Crippen molar-refractivity contribution in [2.24, 2.45) is 5.92 Å². The highest BCUT2D eigenvalue weighted by atomic mass is 31.2. The van der Waals surface area contributed by atoms with E-state index in [0.29, 0.717) is 48.1 Å². The molecule has 5 atom stereocenters. The van der Waals surface area contributed by atoms with Crippen LogP contribution in [0.3, 0.4) is 0 Å². The van der Waals surface area contributed by atoms with Crippen LogP contribution < -0.4 is 26.0 Å². The van der Waals surface area contributed by atoms with Gasteiger partial charge in [-0.05, 0) is 42.5 Å². The fraction of sp³-hybridized carbons (Fsp3) is 0.688. The van der Waals surface area contributed by atoms with Crippen molar-refractivity contribution in [2.75, 3.05) is 32.9 Å². The van der Waals surface area contributed by atoms with Gasteiger partial charge in [0.05, 0.1) is 25.3 Å². The van der Waals surface area contributed by atoms with Crippen molar-refractivity contribution in [2.45, 2.75) is 246 Å². The number of H-pyrrole nitrogens is 1. The molecule has 1 unspecified atom stereocenters. The number of esters is 2. The number of carbonyl (C=O) groups is 6. The second kappa shape index (κ2) is 44.2. The van der Waals surface area contributed by atoms with E-state index in [-0.39, 0.29) is 38.5 Å². The van der Waals surface area contributed by atoms with Gasteiger partial charge >= 0.3 is 19.8 Å². The summed E-state index contributed by atoms with van der Waals surface area (Å²) in [5.74, 6) is -3.19. The van der Waals surface area contributed by atoms with Crippen LogP contribution in [0.2, 0.25) is 0 Å². The molecule has 6 N–H and O–H groups in total. The highest BCUT2D eigenvalue weighted by Crippen LogP contribution is 2.43. The molecule has 468 valence electrons. The Balaban J connectivity index is 1.48. The predicted octanol–water partition coefficient (Wildman–Crippen LogP) is 13.2. The van der Waals surface area contributed by atoms with Gasteiger partial charge in [-0.15, -0.1) is 0 Å². The molecule has 0 aliphatic rings. The van der Waals surface area contributed by atoms with Crippen molar-refractivity contribution in [3.63, 3.8) is 0 Å². The number of hydrogen-bond acceptors (Lipinski definition) is 12. The highest BCUT2D eigenvalue weighted by molar-refractivity contribution is 7.47. The van der Waals surface area contributed by atoms with E-state index in [1.807, 2.05) is 50.2 Å². The van der Waals surface area contributed by atoms with E-state index in [0.717, 1.165) is 51.0 Å². The number of aromatic amines is 1. The molecule has 19 heteroatoms. The SMILES string of the molecule is CCCCCCCCCCCCCCCC(=O)OC[C@H](CNC(=O)[C@H](COP(=O)(O)OCCNC(=O)[C@@H](NC(=O)c1c[nH]c2ccc(OCc3ccccc3)cc12)[C@@H](C)CC)NC(C)=O)OC(=O)CCCCCCCCCCCCCCC. The minimum atomic E-state index is -4.87. The second-order valence-corrected chi connectivity index (χ2v) is 23.6. The van der Waals surface area contributed by atoms with Gasteiger partial charge in [0, 0.05) is 43.4 Å². The number of fused-ring (bicyclic) bond motifs is 1. The van der Waals surface area contributed by atoms with Crippen LogP contribution in [0.25, 0.3) is 10.9 Å². The van der Waals surface area contributed by atoms with Crippen molar-refractivity contribution in [1.82, 2.24) is 26.3 Å². The lowest BCUT2D eigenvalue weighted by atomic mass is 9.97. The zero-order chi connectivity index (χ0) is 60.3. The Morgan fingerprint density at radius 2 is 1.17 bits per heavy atom. The van der Waals surface area contributed by atoms with Crippen molar-refractivity contribution >= 4 is 54.3 Å². The van der Waals surface area contributed by atoms with Gasteiger partial charge in [-0.1, -0.05) is 219 Å². The number of ether oxygens (including phenoxy) is 3. The molecule has 0 fully saturated rings. The average molecular weight is 1180 g/mol. The Morgan fingerprint density at radius 1 is 0.627 bits per heavy atom. The van der Waals surface area contributed by atoms with Gasteiger partial charge < -0.3 is 45.4 Å². The molecule has 1 aromatic heterocycles. The van der Waals surface area contributed by atoms with E-state index in [1.165, 1.54) is 116 Å². The summed E-state index contributed by atoms with van der Waals surface area (Å²) in [6, 6.07) is 12.6. The first kappa shape index (κ1) is 72.0. The van der Waals surface area contributed by atoms with Gasteiger partial charge in [0.1, 0.15) is 31.0 Å². The van der Waals surface area contributed by atoms with E-state index < -0.39 is 74.8 Å². The normalized spacial score (nSPS) is 13.5. The van der Waals surface area contributed by atoms with E-state index in [1.54, 1.807) is 18.3 Å². The Hall–Kier alpha value is -5.29. The standard InChI is InChI=1S/C64H104N5O13P/c1-6-9-11-13-15-17-19-21-23-25-27-29-34-38-59(71)79-48-54(82-60(72)39-35-30-28-26-24-22-20-18-16-14-12-10-7-2)45-67-63(74)58(68-51(5)70)49-81-83(76,77)80-43-42-65-64(75)61(50(4)8-3)69-62(73)56-46-66-57-41-40-53(44-55(56)57)78-47-52-36-32-31-33-37-52/h31-33,36-37,40-41,44,46,50,54,58,61,66H,6-30,34-35,38-39,42-43,45,47-49H2,1-5H3,(H,65,75)(H,67,74)(H,68,70)(H,69,73)(H,76,77)/t50-,54-,58-,61-/m0/s1. The predicted molar refractivity (Wildman–Crippen MR) is 327 cm³/mol. The summed E-state index contributed by atoms with van der Waals surface area (Å²) in [5, 5.41) is 11.1. The van der Waals surface area contributed by atoms with Crippen molar-refractivity contribution in [3.8, 4) is 5.75 Å². The van der Waals surface area contributed by atoms with Crippen LogP contribution in [-0.2, 0) is 53.7 Å². The molecule has 0 saturated carbocycles. The molecule has 0 aliphatic carbocycles. The number of rotatable bonds is 50. The van der Waals surface area contributed by atoms with E-state index >= 15 is 0 Å². The van der Waals surface area contributed by atoms with Crippen LogP contribution in [0.4, 0.5) is 0 Å². The van der Waals surface area contributed by atoms with E-state index in [2.05, 4.69) is 40.1 Å². The Kier molecular flexibility index (Phi) is 38.3. The first-order valence-electron chi connectivity index (χ1n) is 31.5. The zero-order valence-corrected chi connectivity index (χ0v) is 51.9. The van der Waals surface area contributed by atoms with Crippen molar-refractivity contribution in [1.29, 1.82) is 0 Å². The summed E-state index contributed by atoms with van der Waals surface area (Å²) < 4.78 is 40.5. The molecule has 0 bridgehead atoms. The maximum absolute atomic E-state index is 13.7. The van der Waals surface area contributed by atoms with Crippen molar-refractivity contribution < 1.29 is 61.5 Å². The molecule has 3 aromatic rings. The van der Waals surface area contributed by atoms with Crippen LogP contribution >= 0.6 is 7.82 Å². The number of phosphoric ester groups is 1. The summed E-state index contributed by atoms with van der Waals surface area (Å²) in [7, 11) is -4.87. The number of unbranched alkanes of at least 4 members (excludes halogenated alkanes) is 24. The minimum Gasteiger partial charge on any atom is -0.489 e. The van der Waals surface area contributed by atoms with Crippen molar-refractivity contribution in [3.05, 3.63) is 65.9 Å². The molecule has 0 saturated heterocycles. The van der Waals surface area contributed by atoms with E-state index in [9.17, 15) is 38.2 Å². The lowest BCUT2D eigenvalue weighted by Gasteiger charge is -2.24. The van der Waals surface area contributed by atoms with Crippen LogP contribution in [0.15, 0.2) is 54.7 Å². The number of amides is 4. The number of nitrogens with one attached hydrogen (secondary N) is 5. The van der Waals surface area contributed by atoms with Gasteiger partial charge in [0.2, 0.25) is 17.7 Å². The van der Waals surface area contributed by atoms with Gasteiger partial charge in [-0.25, -0.2) is 4.57 Å². The van der Waals surface area contributed by atoms with Crippen LogP contribution in [0, 0.1) is 5.92 Å². The van der Waals surface area contributed by atoms with E-state index in [4.69, 9.17) is 23.3 Å². The summed E-state index contributed by atoms with van der Waals surface area (Å²) in [5.41, 5.74) is 2.01. The molecule has 1 heterocycles. The Morgan fingerprint density at radius 3 is 1.71 bits per heavy atom. The van der Waals surface area contributed by atoms with Gasteiger partial charge in [-0.3, -0.25) is 37.8 Å². The number of aromatic nitrogens is 1. The molecular weight excluding hydrogens is 1080 g/mol.